The van der Waals surface area contributed by atoms with E-state index in [0.29, 0.717) is 11.3 Å². The molecule has 1 atom stereocenters. The summed E-state index contributed by atoms with van der Waals surface area (Å²) in [5, 5.41) is 2.45. The predicted molar refractivity (Wildman–Crippen MR) is 69.9 cm³/mol. The van der Waals surface area contributed by atoms with Crippen LogP contribution in [0.5, 0.6) is 0 Å². The van der Waals surface area contributed by atoms with Gasteiger partial charge in [-0.25, -0.2) is 15.1 Å². The van der Waals surface area contributed by atoms with Crippen LogP contribution in [-0.4, -0.2) is 11.7 Å². The highest BCUT2D eigenvalue weighted by Crippen LogP contribution is 2.22. The van der Waals surface area contributed by atoms with E-state index in [1.807, 2.05) is 0 Å². The molecular weight excluding hydrogens is 251 g/mol. The number of carbonyl (C=O) groups is 1. The highest BCUT2D eigenvalue weighted by atomic mass is 19.1. The Kier molecular flexibility index (Phi) is 4.85. The predicted octanol–water partition coefficient (Wildman–Crippen LogP) is 3.12. The number of hydrogen-bond acceptors (Lipinski definition) is 4. The van der Waals surface area contributed by atoms with Crippen molar-refractivity contribution in [1.82, 2.24) is 0 Å². The van der Waals surface area contributed by atoms with Gasteiger partial charge in [0.2, 0.25) is 0 Å². The van der Waals surface area contributed by atoms with Gasteiger partial charge in [-0.3, -0.25) is 10.2 Å². The second-order valence-corrected chi connectivity index (χ2v) is 5.14. The van der Waals surface area contributed by atoms with Crippen LogP contribution in [0.25, 0.3) is 0 Å². The molecule has 1 unspecified atom stereocenters. The van der Waals surface area contributed by atoms with Gasteiger partial charge in [-0.1, -0.05) is 6.07 Å². The number of hydrogen-bond donors (Lipinski definition) is 2. The van der Waals surface area contributed by atoms with Crippen LogP contribution in [0.2, 0.25) is 0 Å². The number of rotatable bonds is 3. The van der Waals surface area contributed by atoms with Gasteiger partial charge in [-0.2, -0.15) is 0 Å². The zero-order valence-electron chi connectivity index (χ0n) is 11.5. The molecule has 0 heterocycles. The Morgan fingerprint density at radius 2 is 2.05 bits per heavy atom. The molecule has 106 valence electrons. The number of benzene rings is 1. The number of anilines is 1. The van der Waals surface area contributed by atoms with Crippen LogP contribution >= 0.6 is 0 Å². The molecule has 0 aliphatic carbocycles. The van der Waals surface area contributed by atoms with E-state index in [4.69, 9.17) is 10.6 Å². The second-order valence-electron chi connectivity index (χ2n) is 5.14. The summed E-state index contributed by atoms with van der Waals surface area (Å²) in [5.41, 5.74) is 0.0155. The highest BCUT2D eigenvalue weighted by molar-refractivity contribution is 5.84. The van der Waals surface area contributed by atoms with Crippen molar-refractivity contribution < 1.29 is 18.8 Å². The minimum Gasteiger partial charge on any atom is -0.444 e. The third-order valence-corrected chi connectivity index (χ3v) is 2.29. The molecule has 3 N–H and O–H groups in total. The molecule has 19 heavy (non-hydrogen) atoms. The monoisotopic (exact) mass is 270 g/mol. The lowest BCUT2D eigenvalue weighted by Gasteiger charge is -2.20. The zero-order valence-corrected chi connectivity index (χ0v) is 11.5. The summed E-state index contributed by atoms with van der Waals surface area (Å²) in [4.78, 5) is 16.1. The fourth-order valence-electron chi connectivity index (χ4n) is 1.43. The van der Waals surface area contributed by atoms with E-state index in [2.05, 4.69) is 10.2 Å². The molecule has 1 aromatic rings. The summed E-state index contributed by atoms with van der Waals surface area (Å²) in [6, 6.07) is 4.24. The summed E-state index contributed by atoms with van der Waals surface area (Å²) < 4.78 is 18.8. The number of nitrogens with two attached hydrogens (primary N) is 1. The summed E-state index contributed by atoms with van der Waals surface area (Å²) in [7, 11) is 0. The van der Waals surface area contributed by atoms with Crippen LogP contribution in [0.1, 0.15) is 39.4 Å². The lowest BCUT2D eigenvalue weighted by Crippen LogP contribution is -2.27. The Hall–Kier alpha value is -1.66. The quantitative estimate of drug-likeness (QED) is 0.827. The lowest BCUT2D eigenvalue weighted by molar-refractivity contribution is 0.0635. The molecule has 1 aromatic carbocycles. The normalized spacial score (nSPS) is 12.9. The minimum atomic E-state index is -0.636. The average molecular weight is 270 g/mol. The largest absolute Gasteiger partial charge is 0.444 e. The summed E-state index contributed by atoms with van der Waals surface area (Å²) in [6.45, 7) is 6.86. The van der Waals surface area contributed by atoms with Crippen molar-refractivity contribution in [3.8, 4) is 0 Å². The molecule has 0 bridgehead atoms. The van der Waals surface area contributed by atoms with Gasteiger partial charge in [0.1, 0.15) is 17.5 Å². The molecule has 0 saturated carbocycles. The van der Waals surface area contributed by atoms with E-state index in [0.717, 1.165) is 0 Å². The maximum Gasteiger partial charge on any atom is 0.412 e. The van der Waals surface area contributed by atoms with Gasteiger partial charge in [-0.05, 0) is 39.8 Å². The van der Waals surface area contributed by atoms with Crippen LogP contribution in [-0.2, 0) is 9.57 Å². The van der Waals surface area contributed by atoms with Crippen molar-refractivity contribution in [2.24, 2.45) is 5.90 Å². The summed E-state index contributed by atoms with van der Waals surface area (Å²) in [6.07, 6.45) is -1.20. The van der Waals surface area contributed by atoms with E-state index >= 15 is 0 Å². The lowest BCUT2D eigenvalue weighted by atomic mass is 10.1. The minimum absolute atomic E-state index is 0.305. The Balaban J connectivity index is 2.76. The first-order chi connectivity index (χ1) is 8.73. The molecule has 0 aliphatic heterocycles. The highest BCUT2D eigenvalue weighted by Gasteiger charge is 2.17. The van der Waals surface area contributed by atoms with Crippen LogP contribution in [0.15, 0.2) is 18.2 Å². The van der Waals surface area contributed by atoms with Crippen molar-refractivity contribution >= 4 is 11.8 Å². The van der Waals surface area contributed by atoms with Gasteiger partial charge in [0, 0.05) is 11.3 Å². The molecule has 6 heteroatoms. The molecule has 5 nitrogen and oxygen atoms in total. The van der Waals surface area contributed by atoms with Gasteiger partial charge in [0.25, 0.3) is 0 Å². The van der Waals surface area contributed by atoms with E-state index in [-0.39, 0.29) is 0 Å². The Morgan fingerprint density at radius 1 is 1.42 bits per heavy atom. The molecule has 0 spiro atoms. The second kappa shape index (κ2) is 5.99. The third-order valence-electron chi connectivity index (χ3n) is 2.29. The number of halogens is 1. The molecule has 0 saturated heterocycles. The molecule has 1 amide bonds. The standard InChI is InChI=1S/C13H19FN2O3/c1-8(19-15)10-6-5-9(7-11(10)14)16-12(17)18-13(2,3)4/h5-8H,15H2,1-4H3,(H,16,17). The SMILES string of the molecule is CC(ON)c1ccc(NC(=O)OC(C)(C)C)cc1F. The number of carbonyl (C=O) groups excluding carboxylic acids is 1. The van der Waals surface area contributed by atoms with Gasteiger partial charge in [0.15, 0.2) is 0 Å². The maximum atomic E-state index is 13.7. The zero-order chi connectivity index (χ0) is 14.6. The van der Waals surface area contributed by atoms with Gasteiger partial charge >= 0.3 is 6.09 Å². The van der Waals surface area contributed by atoms with Crippen LogP contribution in [0, 0.1) is 5.82 Å². The van der Waals surface area contributed by atoms with Crippen molar-refractivity contribution in [2.45, 2.75) is 39.4 Å². The summed E-state index contributed by atoms with van der Waals surface area (Å²) in [5.74, 6) is 4.50. The first-order valence-electron chi connectivity index (χ1n) is 5.88. The molecule has 0 radical (unpaired) electrons. The van der Waals surface area contributed by atoms with E-state index in [1.54, 1.807) is 33.8 Å². The van der Waals surface area contributed by atoms with Crippen molar-refractivity contribution in [2.75, 3.05) is 5.32 Å². The Labute approximate surface area is 111 Å². The maximum absolute atomic E-state index is 13.7. The van der Waals surface area contributed by atoms with Crippen molar-refractivity contribution in [3.05, 3.63) is 29.6 Å². The third kappa shape index (κ3) is 4.84. The summed E-state index contributed by atoms with van der Waals surface area (Å²) >= 11 is 0. The van der Waals surface area contributed by atoms with E-state index < -0.39 is 23.6 Å². The first-order valence-corrected chi connectivity index (χ1v) is 5.88. The molecule has 0 aliphatic rings. The Morgan fingerprint density at radius 3 is 2.53 bits per heavy atom. The van der Waals surface area contributed by atoms with Gasteiger partial charge < -0.3 is 4.74 Å². The average Bonchev–Trinajstić information content (AvgIpc) is 2.25. The number of nitrogens with one attached hydrogen (secondary N) is 1. The van der Waals surface area contributed by atoms with Crippen LogP contribution in [0.3, 0.4) is 0 Å². The van der Waals surface area contributed by atoms with E-state index in [1.165, 1.54) is 12.1 Å². The molecule has 0 aromatic heterocycles. The molecular formula is C13H19FN2O3. The molecule has 1 rings (SSSR count). The van der Waals surface area contributed by atoms with Crippen LogP contribution < -0.4 is 11.2 Å². The van der Waals surface area contributed by atoms with Crippen LogP contribution in [0.4, 0.5) is 14.9 Å². The topological polar surface area (TPSA) is 73.6 Å². The van der Waals surface area contributed by atoms with Gasteiger partial charge in [-0.15, -0.1) is 0 Å². The number of ether oxygens (including phenoxy) is 1. The van der Waals surface area contributed by atoms with Crippen molar-refractivity contribution in [1.29, 1.82) is 0 Å². The Bertz CT molecular complexity index is 458. The first kappa shape index (κ1) is 15.4. The van der Waals surface area contributed by atoms with Gasteiger partial charge in [0.05, 0.1) is 0 Å². The number of amides is 1. The van der Waals surface area contributed by atoms with E-state index in [9.17, 15) is 9.18 Å². The van der Waals surface area contributed by atoms with Crippen molar-refractivity contribution in [3.63, 3.8) is 0 Å². The fraction of sp³-hybridized carbons (Fsp3) is 0.462. The molecule has 0 fully saturated rings. The fourth-order valence-corrected chi connectivity index (χ4v) is 1.43. The smallest absolute Gasteiger partial charge is 0.412 e.